The molecular weight excluding hydrogens is 298 g/mol. The van der Waals surface area contributed by atoms with Gasteiger partial charge in [-0.3, -0.25) is 14.0 Å². The molecule has 2 aromatic heterocycles. The molecule has 0 bridgehead atoms. The van der Waals surface area contributed by atoms with E-state index in [-0.39, 0.29) is 25.3 Å². The van der Waals surface area contributed by atoms with Crippen molar-refractivity contribution in [2.24, 2.45) is 0 Å². The maximum Gasteiger partial charge on any atom is 0.328 e. The van der Waals surface area contributed by atoms with E-state index >= 15 is 0 Å². The van der Waals surface area contributed by atoms with Crippen LogP contribution in [0.25, 0.3) is 4.96 Å². The summed E-state index contributed by atoms with van der Waals surface area (Å²) >= 11 is 1.28. The van der Waals surface area contributed by atoms with Gasteiger partial charge in [-0.25, -0.2) is 9.78 Å². The van der Waals surface area contributed by atoms with Gasteiger partial charge in [0.1, 0.15) is 5.56 Å². The zero-order valence-corrected chi connectivity index (χ0v) is 11.6. The largest absolute Gasteiger partial charge is 0.480 e. The van der Waals surface area contributed by atoms with Crippen LogP contribution in [0, 0.1) is 0 Å². The number of ether oxygens (including phenoxy) is 1. The van der Waals surface area contributed by atoms with E-state index in [0.717, 1.165) is 4.90 Å². The van der Waals surface area contributed by atoms with Gasteiger partial charge in [0, 0.05) is 24.3 Å². The number of fused-ring (bicyclic) bond motifs is 1. The van der Waals surface area contributed by atoms with Gasteiger partial charge in [-0.2, -0.15) is 0 Å². The molecule has 0 aliphatic carbocycles. The summed E-state index contributed by atoms with van der Waals surface area (Å²) in [7, 11) is 0. The lowest BCUT2D eigenvalue weighted by Gasteiger charge is -2.32. The fourth-order valence-electron chi connectivity index (χ4n) is 2.18. The second-order valence-corrected chi connectivity index (χ2v) is 5.33. The molecule has 21 heavy (non-hydrogen) atoms. The molecular formula is C12H11N3O5S. The fourth-order valence-corrected chi connectivity index (χ4v) is 2.85. The van der Waals surface area contributed by atoms with Crippen molar-refractivity contribution in [3.05, 3.63) is 33.7 Å². The van der Waals surface area contributed by atoms with Crippen molar-refractivity contribution in [1.29, 1.82) is 0 Å². The number of hydrogen-bond acceptors (Lipinski definition) is 6. The van der Waals surface area contributed by atoms with Gasteiger partial charge in [0.2, 0.25) is 0 Å². The van der Waals surface area contributed by atoms with Gasteiger partial charge < -0.3 is 14.7 Å². The van der Waals surface area contributed by atoms with Crippen LogP contribution >= 0.6 is 11.3 Å². The number of thiazole rings is 1. The molecule has 1 saturated heterocycles. The van der Waals surface area contributed by atoms with E-state index in [9.17, 15) is 14.4 Å². The number of hydrogen-bond donors (Lipinski definition) is 1. The standard InChI is InChI=1S/C12H11N3O5S/c16-9(14-1-3-20-6-8(14)11(18)19)7-5-13-12-15(10(7)17)2-4-21-12/h2,4-5,8H,1,3,6H2,(H,18,19). The van der Waals surface area contributed by atoms with E-state index in [2.05, 4.69) is 4.98 Å². The Morgan fingerprint density at radius 1 is 1.48 bits per heavy atom. The summed E-state index contributed by atoms with van der Waals surface area (Å²) in [5, 5.41) is 10.8. The molecule has 9 heteroatoms. The normalized spacial score (nSPS) is 18.9. The van der Waals surface area contributed by atoms with Gasteiger partial charge in [0.25, 0.3) is 11.5 Å². The van der Waals surface area contributed by atoms with Crippen LogP contribution in [0.4, 0.5) is 0 Å². The molecule has 0 saturated carbocycles. The van der Waals surface area contributed by atoms with Crippen LogP contribution in [0.3, 0.4) is 0 Å². The first-order chi connectivity index (χ1) is 10.1. The molecule has 8 nitrogen and oxygen atoms in total. The Labute approximate surface area is 122 Å². The second-order valence-electron chi connectivity index (χ2n) is 4.46. The second kappa shape index (κ2) is 5.26. The van der Waals surface area contributed by atoms with Crippen molar-refractivity contribution in [2.75, 3.05) is 19.8 Å². The summed E-state index contributed by atoms with van der Waals surface area (Å²) in [6.45, 7) is 0.281. The van der Waals surface area contributed by atoms with Crippen molar-refractivity contribution >= 4 is 28.2 Å². The predicted molar refractivity (Wildman–Crippen MR) is 72.6 cm³/mol. The summed E-state index contributed by atoms with van der Waals surface area (Å²) in [4.78, 5) is 41.6. The third kappa shape index (κ3) is 2.30. The maximum absolute atomic E-state index is 12.5. The predicted octanol–water partition coefficient (Wildman–Crippen LogP) is -0.318. The monoisotopic (exact) mass is 309 g/mol. The first-order valence-corrected chi connectivity index (χ1v) is 7.04. The molecule has 110 valence electrons. The number of morpholine rings is 1. The van der Waals surface area contributed by atoms with E-state index in [4.69, 9.17) is 9.84 Å². The Bertz CT molecular complexity index is 768. The highest BCUT2D eigenvalue weighted by Crippen LogP contribution is 2.12. The number of carbonyl (C=O) groups excluding carboxylic acids is 1. The van der Waals surface area contributed by atoms with E-state index < -0.39 is 23.5 Å². The van der Waals surface area contributed by atoms with E-state index in [0.29, 0.717) is 4.96 Å². The zero-order valence-electron chi connectivity index (χ0n) is 10.8. The number of aromatic nitrogens is 2. The first-order valence-electron chi connectivity index (χ1n) is 6.16. The third-order valence-electron chi connectivity index (χ3n) is 3.25. The topological polar surface area (TPSA) is 101 Å². The Kier molecular flexibility index (Phi) is 3.43. The number of nitrogens with zero attached hydrogens (tertiary/aromatic N) is 3. The van der Waals surface area contributed by atoms with Crippen molar-refractivity contribution in [1.82, 2.24) is 14.3 Å². The molecule has 2 aromatic rings. The lowest BCUT2D eigenvalue weighted by molar-refractivity contribution is -0.147. The molecule has 0 radical (unpaired) electrons. The molecule has 3 rings (SSSR count). The molecule has 3 heterocycles. The molecule has 1 atom stereocenters. The minimum Gasteiger partial charge on any atom is -0.480 e. The first kappa shape index (κ1) is 13.7. The molecule has 1 N–H and O–H groups in total. The summed E-state index contributed by atoms with van der Waals surface area (Å²) < 4.78 is 6.35. The summed E-state index contributed by atoms with van der Waals surface area (Å²) in [6, 6.07) is -1.09. The van der Waals surface area contributed by atoms with E-state index in [1.54, 1.807) is 5.38 Å². The third-order valence-corrected chi connectivity index (χ3v) is 4.02. The molecule has 1 fully saturated rings. The molecule has 1 aliphatic rings. The Hall–Kier alpha value is -2.26. The smallest absolute Gasteiger partial charge is 0.328 e. The minimum absolute atomic E-state index is 0.0868. The van der Waals surface area contributed by atoms with E-state index in [1.165, 1.54) is 28.1 Å². The molecule has 1 unspecified atom stereocenters. The van der Waals surface area contributed by atoms with Gasteiger partial charge in [-0.05, 0) is 0 Å². The fraction of sp³-hybridized carbons (Fsp3) is 0.333. The molecule has 0 spiro atoms. The van der Waals surface area contributed by atoms with Crippen LogP contribution in [0.1, 0.15) is 10.4 Å². The highest BCUT2D eigenvalue weighted by Gasteiger charge is 2.34. The number of carbonyl (C=O) groups is 2. The quantitative estimate of drug-likeness (QED) is 0.816. The Morgan fingerprint density at radius 2 is 2.29 bits per heavy atom. The Balaban J connectivity index is 2.01. The van der Waals surface area contributed by atoms with Crippen molar-refractivity contribution in [3.63, 3.8) is 0 Å². The van der Waals surface area contributed by atoms with Gasteiger partial charge in [-0.1, -0.05) is 0 Å². The SMILES string of the molecule is O=C(O)C1COCCN1C(=O)c1cnc2sccn2c1=O. The number of rotatable bonds is 2. The lowest BCUT2D eigenvalue weighted by Crippen LogP contribution is -2.53. The number of aliphatic carboxylic acids is 1. The van der Waals surface area contributed by atoms with Gasteiger partial charge in [0.15, 0.2) is 11.0 Å². The van der Waals surface area contributed by atoms with E-state index in [1.807, 2.05) is 0 Å². The molecule has 1 aliphatic heterocycles. The van der Waals surface area contributed by atoms with Crippen LogP contribution < -0.4 is 5.56 Å². The minimum atomic E-state index is -1.16. The average molecular weight is 309 g/mol. The van der Waals surface area contributed by atoms with Gasteiger partial charge >= 0.3 is 5.97 Å². The highest BCUT2D eigenvalue weighted by atomic mass is 32.1. The Morgan fingerprint density at radius 3 is 3.05 bits per heavy atom. The number of amides is 1. The van der Waals surface area contributed by atoms with Crippen LogP contribution in [-0.4, -0.2) is 57.1 Å². The lowest BCUT2D eigenvalue weighted by atomic mass is 10.2. The van der Waals surface area contributed by atoms with Crippen LogP contribution in [0.2, 0.25) is 0 Å². The van der Waals surface area contributed by atoms with Gasteiger partial charge in [0.05, 0.1) is 13.2 Å². The van der Waals surface area contributed by atoms with Crippen LogP contribution in [0.5, 0.6) is 0 Å². The summed E-state index contributed by atoms with van der Waals surface area (Å²) in [5.41, 5.74) is -0.638. The van der Waals surface area contributed by atoms with Crippen molar-refractivity contribution in [2.45, 2.75) is 6.04 Å². The van der Waals surface area contributed by atoms with Gasteiger partial charge in [-0.15, -0.1) is 11.3 Å². The zero-order chi connectivity index (χ0) is 15.0. The van der Waals surface area contributed by atoms with Crippen molar-refractivity contribution in [3.8, 4) is 0 Å². The number of carboxylic acids is 1. The van der Waals surface area contributed by atoms with Crippen LogP contribution in [0.15, 0.2) is 22.6 Å². The van der Waals surface area contributed by atoms with Crippen molar-refractivity contribution < 1.29 is 19.4 Å². The number of carboxylic acid groups (broad SMARTS) is 1. The molecule has 0 aromatic carbocycles. The highest BCUT2D eigenvalue weighted by molar-refractivity contribution is 7.15. The van der Waals surface area contributed by atoms with Crippen LogP contribution in [-0.2, 0) is 9.53 Å². The average Bonchev–Trinajstić information content (AvgIpc) is 2.96. The summed E-state index contributed by atoms with van der Waals surface area (Å²) in [5.74, 6) is -1.79. The summed E-state index contributed by atoms with van der Waals surface area (Å²) in [6.07, 6.45) is 2.73. The maximum atomic E-state index is 12.5. The molecule has 1 amide bonds.